The van der Waals surface area contributed by atoms with Crippen molar-refractivity contribution in [1.29, 1.82) is 0 Å². The molecule has 0 radical (unpaired) electrons. The van der Waals surface area contributed by atoms with E-state index in [4.69, 9.17) is 0 Å². The van der Waals surface area contributed by atoms with Crippen LogP contribution in [0.15, 0.2) is 60.7 Å². The molecule has 1 aliphatic heterocycles. The fourth-order valence-corrected chi connectivity index (χ4v) is 3.35. The van der Waals surface area contributed by atoms with Gasteiger partial charge in [0.2, 0.25) is 5.91 Å². The van der Waals surface area contributed by atoms with Gasteiger partial charge >= 0.3 is 0 Å². The van der Waals surface area contributed by atoms with Crippen LogP contribution in [0.3, 0.4) is 0 Å². The number of amides is 1. The Bertz CT molecular complexity index is 582. The highest BCUT2D eigenvalue weighted by atomic mass is 32.2. The van der Waals surface area contributed by atoms with Gasteiger partial charge in [-0.15, -0.1) is 11.8 Å². The molecule has 4 heteroatoms. The molecule has 3 rings (SSSR count). The smallest absolute Gasteiger partial charge is 0.245 e. The van der Waals surface area contributed by atoms with Crippen molar-refractivity contribution in [2.75, 3.05) is 16.5 Å². The average molecular weight is 298 g/mol. The van der Waals surface area contributed by atoms with Gasteiger partial charge in [-0.2, -0.15) is 0 Å². The van der Waals surface area contributed by atoms with Crippen LogP contribution in [0.25, 0.3) is 0 Å². The van der Waals surface area contributed by atoms with Gasteiger partial charge in [0.05, 0.1) is 12.6 Å². The van der Waals surface area contributed by atoms with Crippen molar-refractivity contribution in [2.24, 2.45) is 0 Å². The minimum Gasteiger partial charge on any atom is -0.307 e. The number of thioether (sulfide) groups is 1. The Balaban J connectivity index is 1.85. The predicted octanol–water partition coefficient (Wildman–Crippen LogP) is 2.88. The molecule has 0 aromatic heterocycles. The second-order valence-corrected chi connectivity index (χ2v) is 6.05. The second-order valence-electron chi connectivity index (χ2n) is 5.02. The molecule has 0 bridgehead atoms. The molecule has 0 saturated carbocycles. The molecule has 3 nitrogen and oxygen atoms in total. The van der Waals surface area contributed by atoms with E-state index in [1.807, 2.05) is 53.4 Å². The quantitative estimate of drug-likeness (QED) is 0.942. The number of hydrogen-bond acceptors (Lipinski definition) is 3. The molecule has 108 valence electrons. The lowest BCUT2D eigenvalue weighted by atomic mass is 10.1. The third-order valence-corrected chi connectivity index (χ3v) is 4.47. The maximum atomic E-state index is 12.8. The zero-order chi connectivity index (χ0) is 14.5. The van der Waals surface area contributed by atoms with E-state index in [9.17, 15) is 4.79 Å². The zero-order valence-corrected chi connectivity index (χ0v) is 12.6. The molecule has 1 saturated heterocycles. The van der Waals surface area contributed by atoms with Gasteiger partial charge in [0.25, 0.3) is 0 Å². The second kappa shape index (κ2) is 6.78. The van der Waals surface area contributed by atoms with E-state index in [1.54, 1.807) is 11.8 Å². The van der Waals surface area contributed by atoms with Crippen molar-refractivity contribution in [1.82, 2.24) is 5.32 Å². The lowest BCUT2D eigenvalue weighted by Gasteiger charge is -2.25. The lowest BCUT2D eigenvalue weighted by molar-refractivity contribution is -0.120. The van der Waals surface area contributed by atoms with E-state index in [2.05, 4.69) is 17.4 Å². The van der Waals surface area contributed by atoms with Gasteiger partial charge in [-0.3, -0.25) is 10.1 Å². The van der Waals surface area contributed by atoms with Crippen LogP contribution in [0.4, 0.5) is 5.69 Å². The summed E-state index contributed by atoms with van der Waals surface area (Å²) in [5.41, 5.74) is 2.09. The van der Waals surface area contributed by atoms with Gasteiger partial charge in [0.1, 0.15) is 0 Å². The van der Waals surface area contributed by atoms with Crippen LogP contribution in [-0.2, 0) is 11.3 Å². The van der Waals surface area contributed by atoms with E-state index < -0.39 is 0 Å². The molecular formula is C17H18N2OS. The number of para-hydroxylation sites is 1. The highest BCUT2D eigenvalue weighted by molar-refractivity contribution is 7.99. The Morgan fingerprint density at radius 2 is 1.76 bits per heavy atom. The van der Waals surface area contributed by atoms with Gasteiger partial charge in [-0.1, -0.05) is 48.5 Å². The fourth-order valence-electron chi connectivity index (χ4n) is 2.41. The highest BCUT2D eigenvalue weighted by Gasteiger charge is 2.28. The Hall–Kier alpha value is -1.78. The largest absolute Gasteiger partial charge is 0.307 e. The Morgan fingerprint density at radius 3 is 2.38 bits per heavy atom. The normalized spacial score (nSPS) is 17.6. The van der Waals surface area contributed by atoms with Crippen LogP contribution in [0.5, 0.6) is 0 Å². The summed E-state index contributed by atoms with van der Waals surface area (Å²) < 4.78 is 0. The number of nitrogens with one attached hydrogen (secondary N) is 1. The number of rotatable bonds is 4. The molecule has 1 N–H and O–H groups in total. The number of nitrogens with zero attached hydrogens (tertiary/aromatic N) is 1. The molecule has 1 heterocycles. The zero-order valence-electron chi connectivity index (χ0n) is 11.7. The lowest BCUT2D eigenvalue weighted by Crippen LogP contribution is -2.44. The summed E-state index contributed by atoms with van der Waals surface area (Å²) in [4.78, 5) is 14.7. The van der Waals surface area contributed by atoms with E-state index in [0.29, 0.717) is 6.54 Å². The maximum Gasteiger partial charge on any atom is 0.245 e. The number of anilines is 1. The van der Waals surface area contributed by atoms with Crippen LogP contribution in [0, 0.1) is 0 Å². The average Bonchev–Trinajstić information content (AvgIpc) is 3.08. The number of benzene rings is 2. The Labute approximate surface area is 129 Å². The van der Waals surface area contributed by atoms with Gasteiger partial charge in [-0.25, -0.2) is 0 Å². The van der Waals surface area contributed by atoms with E-state index in [0.717, 1.165) is 22.9 Å². The first-order valence-electron chi connectivity index (χ1n) is 7.06. The van der Waals surface area contributed by atoms with E-state index >= 15 is 0 Å². The molecule has 2 aromatic carbocycles. The van der Waals surface area contributed by atoms with Crippen molar-refractivity contribution in [3.8, 4) is 0 Å². The van der Waals surface area contributed by atoms with Gasteiger partial charge < -0.3 is 4.90 Å². The monoisotopic (exact) mass is 298 g/mol. The molecule has 0 aliphatic carbocycles. The van der Waals surface area contributed by atoms with Crippen molar-refractivity contribution < 1.29 is 4.79 Å². The van der Waals surface area contributed by atoms with Crippen LogP contribution in [0.2, 0.25) is 0 Å². The Kier molecular flexibility index (Phi) is 4.58. The van der Waals surface area contributed by atoms with Crippen LogP contribution >= 0.6 is 11.8 Å². The maximum absolute atomic E-state index is 12.8. The van der Waals surface area contributed by atoms with Crippen molar-refractivity contribution in [3.05, 3.63) is 66.2 Å². The van der Waals surface area contributed by atoms with Crippen LogP contribution in [-0.4, -0.2) is 23.6 Å². The summed E-state index contributed by atoms with van der Waals surface area (Å²) in [6.07, 6.45) is 0. The predicted molar refractivity (Wildman–Crippen MR) is 88.3 cm³/mol. The summed E-state index contributed by atoms with van der Waals surface area (Å²) in [6.45, 7) is 0.604. The van der Waals surface area contributed by atoms with Crippen LogP contribution < -0.4 is 10.2 Å². The number of carbonyl (C=O) groups is 1. The minimum atomic E-state index is -0.0843. The van der Waals surface area contributed by atoms with E-state index in [1.165, 1.54) is 0 Å². The van der Waals surface area contributed by atoms with E-state index in [-0.39, 0.29) is 11.9 Å². The first-order chi connectivity index (χ1) is 10.3. The Morgan fingerprint density at radius 1 is 1.10 bits per heavy atom. The molecule has 1 atom stereocenters. The third-order valence-electron chi connectivity index (χ3n) is 3.53. The molecule has 1 unspecified atom stereocenters. The standard InChI is InChI=1S/C17H18N2OS/c20-17(16-12-21-13-18-16)19(15-9-5-2-6-10-15)11-14-7-3-1-4-8-14/h1-10,16,18H,11-13H2. The van der Waals surface area contributed by atoms with Crippen molar-refractivity contribution >= 4 is 23.4 Å². The summed E-state index contributed by atoms with van der Waals surface area (Å²) in [7, 11) is 0. The van der Waals surface area contributed by atoms with Crippen LogP contribution in [0.1, 0.15) is 5.56 Å². The van der Waals surface area contributed by atoms with Gasteiger partial charge in [0.15, 0.2) is 0 Å². The molecule has 1 aliphatic rings. The topological polar surface area (TPSA) is 32.3 Å². The van der Waals surface area contributed by atoms with Gasteiger partial charge in [0, 0.05) is 17.3 Å². The molecular weight excluding hydrogens is 280 g/mol. The third kappa shape index (κ3) is 3.46. The molecule has 1 amide bonds. The van der Waals surface area contributed by atoms with Gasteiger partial charge in [-0.05, 0) is 17.7 Å². The molecule has 1 fully saturated rings. The summed E-state index contributed by atoms with van der Waals surface area (Å²) in [5.74, 6) is 1.84. The molecule has 0 spiro atoms. The molecule has 2 aromatic rings. The number of carbonyl (C=O) groups excluding carboxylic acids is 1. The summed E-state index contributed by atoms with van der Waals surface area (Å²) in [5, 5.41) is 3.26. The fraction of sp³-hybridized carbons (Fsp3) is 0.235. The SMILES string of the molecule is O=C(C1CSCN1)N(Cc1ccccc1)c1ccccc1. The highest BCUT2D eigenvalue weighted by Crippen LogP contribution is 2.20. The number of hydrogen-bond donors (Lipinski definition) is 1. The first kappa shape index (κ1) is 14.2. The first-order valence-corrected chi connectivity index (χ1v) is 8.21. The minimum absolute atomic E-state index is 0.0843. The molecule has 21 heavy (non-hydrogen) atoms. The van der Waals surface area contributed by atoms with Crippen molar-refractivity contribution in [3.63, 3.8) is 0 Å². The summed E-state index contributed by atoms with van der Waals surface area (Å²) >= 11 is 1.77. The van der Waals surface area contributed by atoms with Crippen molar-refractivity contribution in [2.45, 2.75) is 12.6 Å². The summed E-state index contributed by atoms with van der Waals surface area (Å²) in [6, 6.07) is 19.9.